The molecule has 0 unspecified atom stereocenters. The van der Waals surface area contributed by atoms with Gasteiger partial charge in [0.15, 0.2) is 0 Å². The molecule has 0 aromatic rings. The Hall–Kier alpha value is -0.0400. The second-order valence-electron chi connectivity index (χ2n) is 7.33. The predicted octanol–water partition coefficient (Wildman–Crippen LogP) is 3.22. The molecule has 0 saturated heterocycles. The zero-order valence-corrected chi connectivity index (χ0v) is 10.3. The van der Waals surface area contributed by atoms with Gasteiger partial charge in [-0.2, -0.15) is 0 Å². The Balaban J connectivity index is 1.92. The van der Waals surface area contributed by atoms with Gasteiger partial charge in [-0.3, -0.25) is 0 Å². The molecule has 0 aliphatic heterocycles. The largest absolute Gasteiger partial charge is 0.393 e. The van der Waals surface area contributed by atoms with E-state index in [-0.39, 0.29) is 11.5 Å². The third-order valence-corrected chi connectivity index (χ3v) is 5.93. The van der Waals surface area contributed by atoms with Crippen LogP contribution in [0.2, 0.25) is 0 Å². The third kappa shape index (κ3) is 1.19. The van der Waals surface area contributed by atoms with E-state index in [9.17, 15) is 5.11 Å². The minimum Gasteiger partial charge on any atom is -0.393 e. The van der Waals surface area contributed by atoms with Gasteiger partial charge in [-0.1, -0.05) is 20.8 Å². The van der Waals surface area contributed by atoms with Crippen LogP contribution in [0.25, 0.3) is 0 Å². The van der Waals surface area contributed by atoms with Crippen molar-refractivity contribution in [2.24, 2.45) is 28.6 Å². The van der Waals surface area contributed by atoms with Gasteiger partial charge >= 0.3 is 0 Å². The molecule has 0 heterocycles. The topological polar surface area (TPSA) is 20.2 Å². The average Bonchev–Trinajstić information content (AvgIpc) is 2.65. The van der Waals surface area contributed by atoms with E-state index >= 15 is 0 Å². The lowest BCUT2D eigenvalue weighted by Crippen LogP contribution is -2.35. The predicted molar refractivity (Wildman–Crippen MR) is 61.4 cm³/mol. The van der Waals surface area contributed by atoms with Gasteiger partial charge in [-0.15, -0.1) is 0 Å². The fourth-order valence-corrected chi connectivity index (χ4v) is 5.21. The van der Waals surface area contributed by atoms with Crippen LogP contribution in [0.5, 0.6) is 0 Å². The van der Waals surface area contributed by atoms with Crippen LogP contribution in [0.4, 0.5) is 0 Å². The molecule has 3 aliphatic carbocycles. The SMILES string of the molecule is CC1(C)C[C@@H]2C[C@H]3CC[C@@H](O)[C@@]3(C)[C@@H]2C1. The first kappa shape index (κ1) is 10.1. The molecular formula is C14H24O. The van der Waals surface area contributed by atoms with Gasteiger partial charge < -0.3 is 5.11 Å². The average molecular weight is 208 g/mol. The maximum absolute atomic E-state index is 10.3. The zero-order chi connectivity index (χ0) is 10.8. The van der Waals surface area contributed by atoms with E-state index in [1.165, 1.54) is 25.7 Å². The van der Waals surface area contributed by atoms with Crippen molar-refractivity contribution in [2.45, 2.75) is 59.0 Å². The minimum absolute atomic E-state index is 0.00796. The lowest BCUT2D eigenvalue weighted by molar-refractivity contribution is 0.0110. The summed E-state index contributed by atoms with van der Waals surface area (Å²) in [6, 6.07) is 0. The Morgan fingerprint density at radius 3 is 2.53 bits per heavy atom. The van der Waals surface area contributed by atoms with E-state index in [0.29, 0.717) is 5.41 Å². The van der Waals surface area contributed by atoms with Gasteiger partial charge in [0.25, 0.3) is 0 Å². The Kier molecular flexibility index (Phi) is 1.89. The molecule has 1 N–H and O–H groups in total. The summed E-state index contributed by atoms with van der Waals surface area (Å²) < 4.78 is 0. The van der Waals surface area contributed by atoms with Crippen LogP contribution in [0, 0.1) is 28.6 Å². The van der Waals surface area contributed by atoms with Crippen LogP contribution in [0.1, 0.15) is 52.9 Å². The molecule has 15 heavy (non-hydrogen) atoms. The Bertz CT molecular complexity index is 283. The molecule has 3 saturated carbocycles. The molecule has 0 aromatic heterocycles. The molecule has 0 spiro atoms. The molecule has 0 radical (unpaired) electrons. The molecule has 0 amide bonds. The van der Waals surface area contributed by atoms with Gasteiger partial charge in [0.05, 0.1) is 6.10 Å². The molecule has 0 aromatic carbocycles. The summed E-state index contributed by atoms with van der Waals surface area (Å²) in [5.74, 6) is 2.57. The first-order valence-corrected chi connectivity index (χ1v) is 6.61. The number of hydrogen-bond donors (Lipinski definition) is 1. The van der Waals surface area contributed by atoms with E-state index in [4.69, 9.17) is 0 Å². The number of hydrogen-bond acceptors (Lipinski definition) is 1. The molecule has 3 rings (SSSR count). The maximum atomic E-state index is 10.3. The molecule has 1 heteroatoms. The summed E-state index contributed by atoms with van der Waals surface area (Å²) in [5, 5.41) is 10.3. The number of rotatable bonds is 0. The normalized spacial score (nSPS) is 56.8. The van der Waals surface area contributed by atoms with Crippen LogP contribution < -0.4 is 0 Å². The van der Waals surface area contributed by atoms with Crippen molar-refractivity contribution in [1.82, 2.24) is 0 Å². The van der Waals surface area contributed by atoms with Crippen molar-refractivity contribution in [3.05, 3.63) is 0 Å². The standard InChI is InChI=1S/C14H24O/c1-13(2)7-9-6-10-4-5-12(15)14(10,3)11(9)8-13/h9-12,15H,4-8H2,1-3H3/t9-,10+,11+,12+,14+/m0/s1. The molecule has 1 nitrogen and oxygen atoms in total. The van der Waals surface area contributed by atoms with Gasteiger partial charge in [-0.25, -0.2) is 0 Å². The monoisotopic (exact) mass is 208 g/mol. The maximum Gasteiger partial charge on any atom is 0.0599 e. The van der Waals surface area contributed by atoms with Crippen LogP contribution in [-0.2, 0) is 0 Å². The molecule has 0 bridgehead atoms. The molecular weight excluding hydrogens is 184 g/mol. The van der Waals surface area contributed by atoms with Gasteiger partial charge in [0.1, 0.15) is 0 Å². The summed E-state index contributed by atoms with van der Waals surface area (Å²) in [7, 11) is 0. The Morgan fingerprint density at radius 2 is 1.80 bits per heavy atom. The van der Waals surface area contributed by atoms with Crippen molar-refractivity contribution < 1.29 is 5.11 Å². The highest BCUT2D eigenvalue weighted by atomic mass is 16.3. The minimum atomic E-state index is -0.00796. The van der Waals surface area contributed by atoms with Crippen molar-refractivity contribution in [2.75, 3.05) is 0 Å². The summed E-state index contributed by atoms with van der Waals surface area (Å²) in [5.41, 5.74) is 0.810. The highest BCUT2D eigenvalue weighted by Gasteiger charge is 2.61. The number of fused-ring (bicyclic) bond motifs is 3. The van der Waals surface area contributed by atoms with E-state index in [2.05, 4.69) is 20.8 Å². The Morgan fingerprint density at radius 1 is 1.07 bits per heavy atom. The van der Waals surface area contributed by atoms with Crippen molar-refractivity contribution in [3.8, 4) is 0 Å². The highest BCUT2D eigenvalue weighted by molar-refractivity contribution is 5.11. The molecule has 86 valence electrons. The quantitative estimate of drug-likeness (QED) is 0.648. The van der Waals surface area contributed by atoms with E-state index in [0.717, 1.165) is 24.2 Å². The molecule has 3 fully saturated rings. The number of aliphatic hydroxyl groups excluding tert-OH is 1. The van der Waals surface area contributed by atoms with Gasteiger partial charge in [0, 0.05) is 0 Å². The third-order valence-electron chi connectivity index (χ3n) is 5.93. The highest BCUT2D eigenvalue weighted by Crippen LogP contribution is 2.67. The van der Waals surface area contributed by atoms with Crippen molar-refractivity contribution in [3.63, 3.8) is 0 Å². The van der Waals surface area contributed by atoms with E-state index < -0.39 is 0 Å². The van der Waals surface area contributed by atoms with Crippen LogP contribution in [0.3, 0.4) is 0 Å². The van der Waals surface area contributed by atoms with Crippen LogP contribution >= 0.6 is 0 Å². The zero-order valence-electron chi connectivity index (χ0n) is 10.3. The smallest absolute Gasteiger partial charge is 0.0599 e. The lowest BCUT2D eigenvalue weighted by Gasteiger charge is -2.36. The van der Waals surface area contributed by atoms with Gasteiger partial charge in [-0.05, 0) is 60.7 Å². The summed E-state index contributed by atoms with van der Waals surface area (Å²) in [6.45, 7) is 7.19. The molecule has 3 aliphatic rings. The summed E-state index contributed by atoms with van der Waals surface area (Å²) in [6.07, 6.45) is 6.49. The summed E-state index contributed by atoms with van der Waals surface area (Å²) >= 11 is 0. The van der Waals surface area contributed by atoms with Crippen molar-refractivity contribution >= 4 is 0 Å². The van der Waals surface area contributed by atoms with E-state index in [1.807, 2.05) is 0 Å². The van der Waals surface area contributed by atoms with Crippen molar-refractivity contribution in [1.29, 1.82) is 0 Å². The second kappa shape index (κ2) is 2.80. The fourth-order valence-electron chi connectivity index (χ4n) is 5.21. The van der Waals surface area contributed by atoms with Crippen LogP contribution in [0.15, 0.2) is 0 Å². The first-order chi connectivity index (χ1) is 6.93. The lowest BCUT2D eigenvalue weighted by atomic mass is 9.71. The first-order valence-electron chi connectivity index (χ1n) is 6.61. The second-order valence-corrected chi connectivity index (χ2v) is 7.33. The number of aliphatic hydroxyl groups is 1. The van der Waals surface area contributed by atoms with Gasteiger partial charge in [0.2, 0.25) is 0 Å². The van der Waals surface area contributed by atoms with Crippen LogP contribution in [-0.4, -0.2) is 11.2 Å². The fraction of sp³-hybridized carbons (Fsp3) is 1.00. The van der Waals surface area contributed by atoms with E-state index in [1.54, 1.807) is 0 Å². The Labute approximate surface area is 93.3 Å². The summed E-state index contributed by atoms with van der Waals surface area (Å²) in [4.78, 5) is 0. The molecule has 5 atom stereocenters.